The Kier molecular flexibility index (Phi) is 4.32. The molecule has 0 radical (unpaired) electrons. The molecule has 0 saturated carbocycles. The minimum Gasteiger partial charge on any atom is -0.354 e. The molecule has 1 fully saturated rings. The van der Waals surface area contributed by atoms with E-state index >= 15 is 0 Å². The number of benzene rings is 1. The van der Waals surface area contributed by atoms with Gasteiger partial charge in [0, 0.05) is 22.7 Å². The first-order chi connectivity index (χ1) is 10.6. The van der Waals surface area contributed by atoms with Crippen molar-refractivity contribution >= 4 is 28.5 Å². The second kappa shape index (κ2) is 6.23. The maximum atomic E-state index is 12.5. The number of hydrogen-bond acceptors (Lipinski definition) is 3. The molecule has 116 valence electrons. The fourth-order valence-corrected chi connectivity index (χ4v) is 3.03. The molecule has 1 aromatic carbocycles. The number of carbonyl (C=O) groups is 1. The lowest BCUT2D eigenvalue weighted by molar-refractivity contribution is -0.124. The Balaban J connectivity index is 2.03. The summed E-state index contributed by atoms with van der Waals surface area (Å²) in [5.74, 6) is 0.463. The van der Waals surface area contributed by atoms with Gasteiger partial charge in [-0.15, -0.1) is 5.10 Å². The van der Waals surface area contributed by atoms with Gasteiger partial charge in [-0.2, -0.15) is 0 Å². The standard InChI is InChI=1S/C15H17IN4O2/c1-19-13(10-5-7-11(16)8-6-10)18-20(15(19)22)12-4-2-3-9-17-14(12)21/h5-8,12H,2-4,9H2,1H3,(H,17,21). The van der Waals surface area contributed by atoms with Crippen molar-refractivity contribution < 1.29 is 4.79 Å². The van der Waals surface area contributed by atoms with Gasteiger partial charge in [-0.05, 0) is 54.0 Å². The molecule has 1 aliphatic heterocycles. The Morgan fingerprint density at radius 3 is 2.68 bits per heavy atom. The lowest BCUT2D eigenvalue weighted by atomic mass is 10.1. The third kappa shape index (κ3) is 2.81. The van der Waals surface area contributed by atoms with E-state index in [2.05, 4.69) is 33.0 Å². The van der Waals surface area contributed by atoms with Gasteiger partial charge in [0.25, 0.3) is 0 Å². The topological polar surface area (TPSA) is 68.9 Å². The number of nitrogens with zero attached hydrogens (tertiary/aromatic N) is 3. The maximum Gasteiger partial charge on any atom is 0.346 e. The minimum atomic E-state index is -0.515. The first-order valence-electron chi connectivity index (χ1n) is 7.27. The van der Waals surface area contributed by atoms with E-state index in [1.54, 1.807) is 7.05 Å². The summed E-state index contributed by atoms with van der Waals surface area (Å²) in [4.78, 5) is 24.6. The van der Waals surface area contributed by atoms with Crippen LogP contribution in [0, 0.1) is 3.57 Å². The van der Waals surface area contributed by atoms with Crippen molar-refractivity contribution in [1.82, 2.24) is 19.7 Å². The van der Waals surface area contributed by atoms with E-state index in [4.69, 9.17) is 0 Å². The van der Waals surface area contributed by atoms with Crippen molar-refractivity contribution in [2.24, 2.45) is 7.05 Å². The Morgan fingerprint density at radius 2 is 1.95 bits per heavy atom. The molecule has 22 heavy (non-hydrogen) atoms. The van der Waals surface area contributed by atoms with Gasteiger partial charge in [-0.1, -0.05) is 12.1 Å². The van der Waals surface area contributed by atoms with Gasteiger partial charge in [-0.25, -0.2) is 9.48 Å². The van der Waals surface area contributed by atoms with Gasteiger partial charge >= 0.3 is 5.69 Å². The number of halogens is 1. The van der Waals surface area contributed by atoms with Crippen LogP contribution in [-0.4, -0.2) is 26.8 Å². The van der Waals surface area contributed by atoms with Crippen molar-refractivity contribution in [3.05, 3.63) is 38.3 Å². The summed E-state index contributed by atoms with van der Waals surface area (Å²) in [6, 6.07) is 7.29. The number of nitrogens with one attached hydrogen (secondary N) is 1. The molecule has 1 N–H and O–H groups in total. The average molecular weight is 412 g/mol. The van der Waals surface area contributed by atoms with Crippen LogP contribution in [-0.2, 0) is 11.8 Å². The second-order valence-corrected chi connectivity index (χ2v) is 6.66. The summed E-state index contributed by atoms with van der Waals surface area (Å²) in [7, 11) is 1.69. The third-order valence-electron chi connectivity index (χ3n) is 3.91. The van der Waals surface area contributed by atoms with Crippen LogP contribution >= 0.6 is 22.6 Å². The summed E-state index contributed by atoms with van der Waals surface area (Å²) in [6.45, 7) is 0.668. The minimum absolute atomic E-state index is 0.119. The zero-order valence-corrected chi connectivity index (χ0v) is 14.4. The summed E-state index contributed by atoms with van der Waals surface area (Å²) in [6.07, 6.45) is 2.49. The highest BCUT2D eigenvalue weighted by Gasteiger charge is 2.27. The van der Waals surface area contributed by atoms with Crippen LogP contribution in [0.2, 0.25) is 0 Å². The van der Waals surface area contributed by atoms with Crippen molar-refractivity contribution in [1.29, 1.82) is 0 Å². The highest BCUT2D eigenvalue weighted by molar-refractivity contribution is 14.1. The lowest BCUT2D eigenvalue weighted by Gasteiger charge is -2.11. The van der Waals surface area contributed by atoms with Crippen LogP contribution in [0.3, 0.4) is 0 Å². The van der Waals surface area contributed by atoms with Crippen LogP contribution in [0.4, 0.5) is 0 Å². The van der Waals surface area contributed by atoms with Gasteiger partial charge in [0.15, 0.2) is 5.82 Å². The molecule has 1 unspecified atom stereocenters. The molecule has 1 aliphatic rings. The normalized spacial score (nSPS) is 18.8. The number of aromatic nitrogens is 3. The third-order valence-corrected chi connectivity index (χ3v) is 4.63. The van der Waals surface area contributed by atoms with Crippen molar-refractivity contribution in [2.45, 2.75) is 25.3 Å². The molecular formula is C15H17IN4O2. The fraction of sp³-hybridized carbons (Fsp3) is 0.400. The molecule has 1 saturated heterocycles. The van der Waals surface area contributed by atoms with Crippen LogP contribution in [0.15, 0.2) is 29.1 Å². The molecule has 0 bridgehead atoms. The van der Waals surface area contributed by atoms with Gasteiger partial charge in [0.1, 0.15) is 6.04 Å². The molecule has 7 heteroatoms. The summed E-state index contributed by atoms with van der Waals surface area (Å²) in [5.41, 5.74) is 0.614. The van der Waals surface area contributed by atoms with Gasteiger partial charge in [0.05, 0.1) is 0 Å². The number of hydrogen-bond donors (Lipinski definition) is 1. The Bertz CT molecular complexity index is 748. The fourth-order valence-electron chi connectivity index (χ4n) is 2.67. The highest BCUT2D eigenvalue weighted by Crippen LogP contribution is 2.20. The highest BCUT2D eigenvalue weighted by atomic mass is 127. The predicted octanol–water partition coefficient (Wildman–Crippen LogP) is 1.69. The van der Waals surface area contributed by atoms with E-state index in [1.165, 1.54) is 9.25 Å². The monoisotopic (exact) mass is 412 g/mol. The van der Waals surface area contributed by atoms with Gasteiger partial charge < -0.3 is 5.32 Å². The second-order valence-electron chi connectivity index (χ2n) is 5.42. The van der Waals surface area contributed by atoms with E-state index in [0.717, 1.165) is 22.0 Å². The summed E-state index contributed by atoms with van der Waals surface area (Å²) >= 11 is 2.23. The quantitative estimate of drug-likeness (QED) is 0.764. The predicted molar refractivity (Wildman–Crippen MR) is 91.5 cm³/mol. The van der Waals surface area contributed by atoms with Gasteiger partial charge in [0.2, 0.25) is 5.91 Å². The lowest BCUT2D eigenvalue weighted by Crippen LogP contribution is -2.36. The molecule has 1 amide bonds. The largest absolute Gasteiger partial charge is 0.354 e. The number of rotatable bonds is 2. The Morgan fingerprint density at radius 1 is 1.23 bits per heavy atom. The van der Waals surface area contributed by atoms with Crippen LogP contribution in [0.1, 0.15) is 25.3 Å². The van der Waals surface area contributed by atoms with Crippen molar-refractivity contribution in [3.8, 4) is 11.4 Å². The van der Waals surface area contributed by atoms with Crippen molar-refractivity contribution in [3.63, 3.8) is 0 Å². The molecule has 1 aromatic heterocycles. The van der Waals surface area contributed by atoms with Crippen LogP contribution < -0.4 is 11.0 Å². The molecule has 2 heterocycles. The summed E-state index contributed by atoms with van der Waals surface area (Å²) < 4.78 is 3.95. The Labute approximate surface area is 141 Å². The smallest absolute Gasteiger partial charge is 0.346 e. The molecular weight excluding hydrogens is 395 g/mol. The molecule has 2 aromatic rings. The molecule has 0 spiro atoms. The molecule has 1 atom stereocenters. The molecule has 6 nitrogen and oxygen atoms in total. The zero-order valence-electron chi connectivity index (χ0n) is 12.3. The Hall–Kier alpha value is -1.64. The van der Waals surface area contributed by atoms with Crippen LogP contribution in [0.5, 0.6) is 0 Å². The van der Waals surface area contributed by atoms with E-state index in [9.17, 15) is 9.59 Å². The van der Waals surface area contributed by atoms with E-state index in [1.807, 2.05) is 24.3 Å². The number of amides is 1. The van der Waals surface area contributed by atoms with Gasteiger partial charge in [-0.3, -0.25) is 9.36 Å². The molecule has 3 rings (SSSR count). The van der Waals surface area contributed by atoms with E-state index < -0.39 is 6.04 Å². The maximum absolute atomic E-state index is 12.5. The van der Waals surface area contributed by atoms with Crippen LogP contribution in [0.25, 0.3) is 11.4 Å². The number of carbonyl (C=O) groups excluding carboxylic acids is 1. The first kappa shape index (κ1) is 15.3. The van der Waals surface area contributed by atoms with E-state index in [-0.39, 0.29) is 11.6 Å². The SMILES string of the molecule is Cn1c(-c2ccc(I)cc2)nn(C2CCCCNC2=O)c1=O. The molecule has 0 aliphatic carbocycles. The average Bonchev–Trinajstić information content (AvgIpc) is 2.68. The van der Waals surface area contributed by atoms with E-state index in [0.29, 0.717) is 18.8 Å². The van der Waals surface area contributed by atoms with Crippen molar-refractivity contribution in [2.75, 3.05) is 6.54 Å². The summed E-state index contributed by atoms with van der Waals surface area (Å²) in [5, 5.41) is 7.28. The first-order valence-corrected chi connectivity index (χ1v) is 8.35. The zero-order chi connectivity index (χ0) is 15.7.